The second-order valence-electron chi connectivity index (χ2n) is 4.34. The fourth-order valence-corrected chi connectivity index (χ4v) is 2.03. The number of hydrogen-bond donors (Lipinski definition) is 4. The monoisotopic (exact) mass is 288 g/mol. The van der Waals surface area contributed by atoms with Gasteiger partial charge in [0.15, 0.2) is 0 Å². The number of para-hydroxylation sites is 2. The molecule has 1 unspecified atom stereocenters. The zero-order chi connectivity index (χ0) is 14.5. The van der Waals surface area contributed by atoms with Gasteiger partial charge in [0.2, 0.25) is 0 Å². The summed E-state index contributed by atoms with van der Waals surface area (Å²) in [5.74, 6) is -0.815. The first-order valence-corrected chi connectivity index (χ1v) is 6.81. The number of carboxylic acid groups (broad SMARTS) is 1. The van der Waals surface area contributed by atoms with Crippen LogP contribution in [0.4, 0.5) is 0 Å². The zero-order valence-electron chi connectivity index (χ0n) is 10.8. The Morgan fingerprint density at radius 2 is 1.55 bits per heavy atom. The molecule has 4 nitrogen and oxygen atoms in total. The Morgan fingerprint density at radius 3 is 1.90 bits per heavy atom. The minimum absolute atomic E-state index is 0.190. The van der Waals surface area contributed by atoms with Gasteiger partial charge in [-0.1, -0.05) is 36.4 Å². The van der Waals surface area contributed by atoms with E-state index in [1.807, 2.05) is 0 Å². The molecule has 0 spiro atoms. The van der Waals surface area contributed by atoms with Crippen LogP contribution < -0.4 is 5.73 Å². The Bertz CT molecular complexity index is 674. The molecule has 0 bridgehead atoms. The summed E-state index contributed by atoms with van der Waals surface area (Å²) < 4.78 is 0. The van der Waals surface area contributed by atoms with Gasteiger partial charge < -0.3 is 15.8 Å². The highest BCUT2D eigenvalue weighted by Gasteiger charge is 2.06. The lowest BCUT2D eigenvalue weighted by Crippen LogP contribution is -2.31. The molecular formula is C15H16N2O2S. The van der Waals surface area contributed by atoms with Crippen LogP contribution in [-0.4, -0.2) is 27.9 Å². The highest BCUT2D eigenvalue weighted by atomic mass is 32.1. The van der Waals surface area contributed by atoms with Gasteiger partial charge in [-0.05, 0) is 12.1 Å². The molecule has 1 aromatic heterocycles. The van der Waals surface area contributed by atoms with Crippen LogP contribution in [0.3, 0.4) is 0 Å². The quantitative estimate of drug-likeness (QED) is 0.547. The number of benzene rings is 2. The molecule has 0 aliphatic rings. The number of nitrogens with two attached hydrogens (primary N) is 1. The number of hydrogen-bond acceptors (Lipinski definition) is 3. The van der Waals surface area contributed by atoms with Crippen LogP contribution in [0, 0.1) is 0 Å². The number of carboxylic acids is 1. The van der Waals surface area contributed by atoms with Crippen LogP contribution in [0.2, 0.25) is 0 Å². The molecule has 3 aromatic rings. The summed E-state index contributed by atoms with van der Waals surface area (Å²) in [7, 11) is 0. The summed E-state index contributed by atoms with van der Waals surface area (Å²) in [5, 5.41) is 10.6. The van der Waals surface area contributed by atoms with Gasteiger partial charge in [-0.15, -0.1) is 0 Å². The first kappa shape index (κ1) is 14.4. The fraction of sp³-hybridized carbons (Fsp3) is 0.133. The van der Waals surface area contributed by atoms with Crippen molar-refractivity contribution in [1.29, 1.82) is 0 Å². The second-order valence-corrected chi connectivity index (χ2v) is 4.71. The van der Waals surface area contributed by atoms with Crippen LogP contribution in [0.1, 0.15) is 0 Å². The second kappa shape index (κ2) is 6.45. The largest absolute Gasteiger partial charge is 0.480 e. The Balaban J connectivity index is 0.000000182. The molecule has 20 heavy (non-hydrogen) atoms. The van der Waals surface area contributed by atoms with Gasteiger partial charge in [0.05, 0.1) is 0 Å². The number of fused-ring (bicyclic) bond motifs is 3. The van der Waals surface area contributed by atoms with Gasteiger partial charge in [-0.25, -0.2) is 0 Å². The van der Waals surface area contributed by atoms with E-state index in [2.05, 4.69) is 66.1 Å². The van der Waals surface area contributed by atoms with Crippen LogP contribution in [0.5, 0.6) is 0 Å². The summed E-state index contributed by atoms with van der Waals surface area (Å²) in [6.45, 7) is 0. The molecule has 104 valence electrons. The van der Waals surface area contributed by atoms with E-state index in [1.54, 1.807) is 0 Å². The minimum atomic E-state index is -1.00. The SMILES string of the molecule is NC(CS)C(=O)O.c1ccc2c(c1)[nH]c1ccccc12. The van der Waals surface area contributed by atoms with E-state index in [0.29, 0.717) is 0 Å². The van der Waals surface area contributed by atoms with Crippen LogP contribution in [0.15, 0.2) is 48.5 Å². The fourth-order valence-electron chi connectivity index (χ4n) is 1.88. The smallest absolute Gasteiger partial charge is 0.321 e. The van der Waals surface area contributed by atoms with Crippen molar-refractivity contribution in [3.63, 3.8) is 0 Å². The number of nitrogens with one attached hydrogen (secondary N) is 1. The van der Waals surface area contributed by atoms with Gasteiger partial charge >= 0.3 is 5.97 Å². The molecule has 2 aromatic carbocycles. The number of aromatic amines is 1. The molecule has 0 saturated heterocycles. The van der Waals surface area contributed by atoms with E-state index < -0.39 is 12.0 Å². The van der Waals surface area contributed by atoms with Crippen molar-refractivity contribution in [1.82, 2.24) is 4.98 Å². The topological polar surface area (TPSA) is 79.1 Å². The predicted octanol–water partition coefficient (Wildman–Crippen LogP) is 2.65. The molecular weight excluding hydrogens is 272 g/mol. The molecule has 1 atom stereocenters. The average Bonchev–Trinajstić information content (AvgIpc) is 2.85. The Kier molecular flexibility index (Phi) is 4.65. The van der Waals surface area contributed by atoms with E-state index in [0.717, 1.165) is 0 Å². The van der Waals surface area contributed by atoms with Crippen LogP contribution in [0.25, 0.3) is 21.8 Å². The summed E-state index contributed by atoms with van der Waals surface area (Å²) in [5.41, 5.74) is 7.36. The van der Waals surface area contributed by atoms with Crippen molar-refractivity contribution in [2.75, 3.05) is 5.75 Å². The zero-order valence-corrected chi connectivity index (χ0v) is 11.7. The Hall–Kier alpha value is -1.98. The summed E-state index contributed by atoms with van der Waals surface area (Å²) >= 11 is 3.65. The molecule has 0 saturated carbocycles. The van der Waals surface area contributed by atoms with E-state index in [4.69, 9.17) is 10.8 Å². The van der Waals surface area contributed by atoms with Gasteiger partial charge in [0.1, 0.15) is 6.04 Å². The number of aromatic nitrogens is 1. The number of carbonyl (C=O) groups is 1. The van der Waals surface area contributed by atoms with Gasteiger partial charge in [-0.3, -0.25) is 4.79 Å². The molecule has 5 heteroatoms. The van der Waals surface area contributed by atoms with E-state index in [-0.39, 0.29) is 5.75 Å². The molecule has 3 rings (SSSR count). The Labute approximate surface area is 122 Å². The third-order valence-electron chi connectivity index (χ3n) is 2.93. The third kappa shape index (κ3) is 3.12. The molecule has 1 heterocycles. The van der Waals surface area contributed by atoms with E-state index in [9.17, 15) is 4.79 Å². The molecule has 0 fully saturated rings. The first-order valence-electron chi connectivity index (χ1n) is 6.18. The highest BCUT2D eigenvalue weighted by Crippen LogP contribution is 2.24. The lowest BCUT2D eigenvalue weighted by Gasteiger charge is -1.96. The van der Waals surface area contributed by atoms with Gasteiger partial charge in [0.25, 0.3) is 0 Å². The normalized spacial score (nSPS) is 11.9. The summed E-state index contributed by atoms with van der Waals surface area (Å²) in [4.78, 5) is 13.1. The maximum absolute atomic E-state index is 9.76. The summed E-state index contributed by atoms with van der Waals surface area (Å²) in [6.07, 6.45) is 0. The first-order chi connectivity index (χ1) is 9.63. The number of rotatable bonds is 2. The average molecular weight is 288 g/mol. The van der Waals surface area contributed by atoms with E-state index in [1.165, 1.54) is 21.8 Å². The lowest BCUT2D eigenvalue weighted by atomic mass is 10.2. The van der Waals surface area contributed by atoms with Crippen molar-refractivity contribution >= 4 is 40.4 Å². The number of H-pyrrole nitrogens is 1. The van der Waals surface area contributed by atoms with Crippen LogP contribution in [-0.2, 0) is 4.79 Å². The van der Waals surface area contributed by atoms with Crippen LogP contribution >= 0.6 is 12.6 Å². The van der Waals surface area contributed by atoms with Gasteiger partial charge in [0, 0.05) is 27.6 Å². The highest BCUT2D eigenvalue weighted by molar-refractivity contribution is 7.80. The maximum Gasteiger partial charge on any atom is 0.321 e. The van der Waals surface area contributed by atoms with Gasteiger partial charge in [-0.2, -0.15) is 12.6 Å². The molecule has 4 N–H and O–H groups in total. The van der Waals surface area contributed by atoms with E-state index >= 15 is 0 Å². The molecule has 0 amide bonds. The Morgan fingerprint density at radius 1 is 1.10 bits per heavy atom. The predicted molar refractivity (Wildman–Crippen MR) is 85.3 cm³/mol. The standard InChI is InChI=1S/C12H9N.C3H7NO2S/c1-3-7-11-9(5-1)10-6-2-4-8-12(10)13-11;4-2(1-7)3(5)6/h1-8,13H;2,7H,1,4H2,(H,5,6). The molecule has 0 aliphatic carbocycles. The van der Waals surface area contributed by atoms with Crippen molar-refractivity contribution in [2.24, 2.45) is 5.73 Å². The van der Waals surface area contributed by atoms with Crippen molar-refractivity contribution in [3.05, 3.63) is 48.5 Å². The molecule has 0 aliphatic heterocycles. The number of thiol groups is 1. The van der Waals surface area contributed by atoms with Crippen molar-refractivity contribution < 1.29 is 9.90 Å². The minimum Gasteiger partial charge on any atom is -0.480 e. The third-order valence-corrected chi connectivity index (χ3v) is 3.32. The lowest BCUT2D eigenvalue weighted by molar-refractivity contribution is -0.137. The van der Waals surface area contributed by atoms with Crippen molar-refractivity contribution in [3.8, 4) is 0 Å². The summed E-state index contributed by atoms with van der Waals surface area (Å²) in [6, 6.07) is 15.9. The maximum atomic E-state index is 9.76. The molecule has 0 radical (unpaired) electrons. The number of aliphatic carboxylic acids is 1. The van der Waals surface area contributed by atoms with Crippen molar-refractivity contribution in [2.45, 2.75) is 6.04 Å².